The van der Waals surface area contributed by atoms with Gasteiger partial charge in [0.05, 0.1) is 23.8 Å². The van der Waals surface area contributed by atoms with E-state index in [1.54, 1.807) is 30.9 Å². The summed E-state index contributed by atoms with van der Waals surface area (Å²) in [5.74, 6) is 0.153. The van der Waals surface area contributed by atoms with E-state index in [-0.39, 0.29) is 6.54 Å². The average molecular weight is 620 g/mol. The highest BCUT2D eigenvalue weighted by molar-refractivity contribution is 7.88. The van der Waals surface area contributed by atoms with Gasteiger partial charge in [-0.25, -0.2) is 22.5 Å². The SMILES string of the molecule is CS(=O)(=O)NCc1cc(F)cc(-c2nccc3[nH]c(-c4n[nH]c5ncc(-c6cncc(OCc7ccccc7)c6)cc45)cc23)c1. The van der Waals surface area contributed by atoms with Crippen molar-refractivity contribution in [1.82, 2.24) is 34.9 Å². The van der Waals surface area contributed by atoms with Crippen LogP contribution in [0.4, 0.5) is 4.39 Å². The molecule has 0 unspecified atom stereocenters. The molecule has 12 heteroatoms. The van der Waals surface area contributed by atoms with Crippen molar-refractivity contribution in [2.75, 3.05) is 6.26 Å². The second-order valence-corrected chi connectivity index (χ2v) is 12.5. The third kappa shape index (κ3) is 6.14. The lowest BCUT2D eigenvalue weighted by Gasteiger charge is -2.08. The molecule has 7 rings (SSSR count). The van der Waals surface area contributed by atoms with Crippen LogP contribution in [0.5, 0.6) is 5.75 Å². The number of nitrogens with zero attached hydrogens (tertiary/aromatic N) is 4. The Morgan fingerprint density at radius 2 is 1.69 bits per heavy atom. The van der Waals surface area contributed by atoms with Crippen molar-refractivity contribution in [2.45, 2.75) is 13.2 Å². The van der Waals surface area contributed by atoms with Crippen LogP contribution in [0.1, 0.15) is 11.1 Å². The number of H-pyrrole nitrogens is 2. The van der Waals surface area contributed by atoms with E-state index in [0.717, 1.165) is 44.9 Å². The van der Waals surface area contributed by atoms with E-state index < -0.39 is 15.8 Å². The monoisotopic (exact) mass is 619 g/mol. The maximum absolute atomic E-state index is 14.6. The van der Waals surface area contributed by atoms with Gasteiger partial charge in [0.25, 0.3) is 0 Å². The number of hydrogen-bond donors (Lipinski definition) is 3. The van der Waals surface area contributed by atoms with Crippen molar-refractivity contribution in [3.8, 4) is 39.5 Å². The first-order valence-corrected chi connectivity index (χ1v) is 15.9. The lowest BCUT2D eigenvalue weighted by atomic mass is 10.0. The minimum atomic E-state index is -3.44. The fourth-order valence-electron chi connectivity index (χ4n) is 5.18. The van der Waals surface area contributed by atoms with Crippen molar-refractivity contribution in [2.24, 2.45) is 0 Å². The highest BCUT2D eigenvalue weighted by atomic mass is 32.2. The van der Waals surface area contributed by atoms with Crippen LogP contribution >= 0.6 is 0 Å². The average Bonchev–Trinajstić information content (AvgIpc) is 3.67. The van der Waals surface area contributed by atoms with Gasteiger partial charge >= 0.3 is 0 Å². The molecular weight excluding hydrogens is 593 g/mol. The number of sulfonamides is 1. The number of aromatic nitrogens is 6. The molecule has 45 heavy (non-hydrogen) atoms. The first kappa shape index (κ1) is 28.3. The molecule has 0 saturated carbocycles. The summed E-state index contributed by atoms with van der Waals surface area (Å²) in [7, 11) is -3.44. The second-order valence-electron chi connectivity index (χ2n) is 10.6. The normalized spacial score (nSPS) is 11.8. The summed E-state index contributed by atoms with van der Waals surface area (Å²) >= 11 is 0. The molecule has 0 amide bonds. The van der Waals surface area contributed by atoms with Crippen LogP contribution in [-0.2, 0) is 23.2 Å². The maximum atomic E-state index is 14.6. The molecule has 0 bridgehead atoms. The molecule has 0 fully saturated rings. The number of benzene rings is 2. The second kappa shape index (κ2) is 11.6. The molecule has 0 atom stereocenters. The molecule has 3 N–H and O–H groups in total. The number of pyridine rings is 3. The van der Waals surface area contributed by atoms with Crippen molar-refractivity contribution in [3.05, 3.63) is 115 Å². The molecule has 5 heterocycles. The van der Waals surface area contributed by atoms with Crippen molar-refractivity contribution < 1.29 is 17.5 Å². The minimum absolute atomic E-state index is 0.0376. The Bertz CT molecular complexity index is 2290. The Morgan fingerprint density at radius 1 is 0.844 bits per heavy atom. The molecule has 0 aliphatic rings. The van der Waals surface area contributed by atoms with E-state index in [1.807, 2.05) is 54.6 Å². The summed E-state index contributed by atoms with van der Waals surface area (Å²) in [4.78, 5) is 16.9. The zero-order valence-corrected chi connectivity index (χ0v) is 24.8. The molecule has 0 radical (unpaired) electrons. The first-order valence-electron chi connectivity index (χ1n) is 14.0. The molecule has 7 aromatic rings. The Kier molecular flexibility index (Phi) is 7.28. The van der Waals surface area contributed by atoms with Crippen molar-refractivity contribution in [1.29, 1.82) is 0 Å². The Balaban J connectivity index is 1.22. The lowest BCUT2D eigenvalue weighted by molar-refractivity contribution is 0.305. The molecule has 10 nitrogen and oxygen atoms in total. The summed E-state index contributed by atoms with van der Waals surface area (Å²) in [5, 5.41) is 9.11. The van der Waals surface area contributed by atoms with E-state index in [4.69, 9.17) is 4.74 Å². The number of nitrogens with one attached hydrogen (secondary N) is 3. The third-order valence-electron chi connectivity index (χ3n) is 7.28. The smallest absolute Gasteiger partial charge is 0.209 e. The zero-order valence-electron chi connectivity index (χ0n) is 24.0. The van der Waals surface area contributed by atoms with Crippen molar-refractivity contribution in [3.63, 3.8) is 0 Å². The summed E-state index contributed by atoms with van der Waals surface area (Å²) < 4.78 is 46.1. The van der Waals surface area contributed by atoms with E-state index in [1.165, 1.54) is 12.1 Å². The fourth-order valence-corrected chi connectivity index (χ4v) is 5.61. The molecule has 0 spiro atoms. The number of fused-ring (bicyclic) bond motifs is 2. The predicted molar refractivity (Wildman–Crippen MR) is 170 cm³/mol. The van der Waals surface area contributed by atoms with Gasteiger partial charge in [0.1, 0.15) is 23.9 Å². The number of rotatable bonds is 9. The van der Waals surface area contributed by atoms with Gasteiger partial charge < -0.3 is 9.72 Å². The summed E-state index contributed by atoms with van der Waals surface area (Å²) in [6.45, 7) is 0.394. The van der Waals surface area contributed by atoms with Gasteiger partial charge in [0, 0.05) is 58.1 Å². The lowest BCUT2D eigenvalue weighted by Crippen LogP contribution is -2.21. The minimum Gasteiger partial charge on any atom is -0.487 e. The largest absolute Gasteiger partial charge is 0.487 e. The van der Waals surface area contributed by atoms with Crippen LogP contribution in [0.3, 0.4) is 0 Å². The highest BCUT2D eigenvalue weighted by Gasteiger charge is 2.17. The van der Waals surface area contributed by atoms with Crippen molar-refractivity contribution >= 4 is 32.0 Å². The number of ether oxygens (including phenoxy) is 1. The van der Waals surface area contributed by atoms with Crippen LogP contribution in [0.2, 0.25) is 0 Å². The van der Waals surface area contributed by atoms with E-state index in [2.05, 4.69) is 34.9 Å². The van der Waals surface area contributed by atoms with Gasteiger partial charge in [0.15, 0.2) is 5.65 Å². The van der Waals surface area contributed by atoms with Crippen LogP contribution in [0.25, 0.3) is 55.7 Å². The first-order chi connectivity index (χ1) is 21.8. The molecule has 224 valence electrons. The third-order valence-corrected chi connectivity index (χ3v) is 7.95. The molecule has 0 saturated heterocycles. The van der Waals surface area contributed by atoms with Gasteiger partial charge in [-0.3, -0.25) is 15.1 Å². The zero-order chi connectivity index (χ0) is 31.0. The van der Waals surface area contributed by atoms with E-state index >= 15 is 0 Å². The molecule has 5 aromatic heterocycles. The van der Waals surface area contributed by atoms with Crippen LogP contribution in [0, 0.1) is 5.82 Å². The summed E-state index contributed by atoms with van der Waals surface area (Å²) in [6.07, 6.45) is 7.90. The molecule has 2 aromatic carbocycles. The van der Waals surface area contributed by atoms with Crippen LogP contribution in [0.15, 0.2) is 97.6 Å². The topological polar surface area (TPSA) is 139 Å². The summed E-state index contributed by atoms with van der Waals surface area (Å²) in [6, 6.07) is 22.0. The van der Waals surface area contributed by atoms with Gasteiger partial charge in [0.2, 0.25) is 10.0 Å². The van der Waals surface area contributed by atoms with Crippen LogP contribution in [-0.4, -0.2) is 44.8 Å². The Morgan fingerprint density at radius 3 is 2.53 bits per heavy atom. The van der Waals surface area contributed by atoms with Crippen LogP contribution < -0.4 is 9.46 Å². The fraction of sp³-hybridized carbons (Fsp3) is 0.0909. The standard InChI is InChI=1S/C33H26FN7O3S/c1-45(42,43)38-15-21-9-22(11-25(34)10-21)31-27-14-30(39-29(27)7-8-36-31)32-28-13-24(17-37-33(28)41-40-32)23-12-26(18-35-16-23)44-19-20-5-3-2-4-6-20/h2-14,16-18,38-39H,15,19H2,1H3,(H,37,40,41). The van der Waals surface area contributed by atoms with E-state index in [9.17, 15) is 12.8 Å². The van der Waals surface area contributed by atoms with E-state index in [0.29, 0.717) is 40.5 Å². The Hall–Kier alpha value is -5.46. The van der Waals surface area contributed by atoms with Gasteiger partial charge in [-0.2, -0.15) is 5.10 Å². The highest BCUT2D eigenvalue weighted by Crippen LogP contribution is 2.34. The number of aromatic amines is 2. The predicted octanol–water partition coefficient (Wildman–Crippen LogP) is 6.00. The molecular formula is C33H26FN7O3S. The van der Waals surface area contributed by atoms with Gasteiger partial charge in [-0.15, -0.1) is 0 Å². The maximum Gasteiger partial charge on any atom is 0.209 e. The quantitative estimate of drug-likeness (QED) is 0.180. The van der Waals surface area contributed by atoms with Gasteiger partial charge in [-0.05, 0) is 53.6 Å². The molecule has 0 aliphatic carbocycles. The Labute approximate surface area is 257 Å². The molecule has 0 aliphatic heterocycles. The summed E-state index contributed by atoms with van der Waals surface area (Å²) in [5.41, 5.74) is 7.07. The number of hydrogen-bond acceptors (Lipinski definition) is 7. The number of halogens is 1. The van der Waals surface area contributed by atoms with Gasteiger partial charge in [-0.1, -0.05) is 30.3 Å².